The minimum atomic E-state index is 0.00662. The molecule has 3 aromatic carbocycles. The molecule has 0 saturated carbocycles. The third kappa shape index (κ3) is 4.19. The van der Waals surface area contributed by atoms with Crippen LogP contribution in [0.4, 0.5) is 11.4 Å². The molecule has 0 radical (unpaired) electrons. The predicted octanol–water partition coefficient (Wildman–Crippen LogP) is 3.97. The van der Waals surface area contributed by atoms with Gasteiger partial charge < -0.3 is 28.7 Å². The molecule has 38 heavy (non-hydrogen) atoms. The molecule has 3 aromatic rings. The lowest BCUT2D eigenvalue weighted by Crippen LogP contribution is -2.54. The quantitative estimate of drug-likeness (QED) is 0.523. The molecule has 196 valence electrons. The first kappa shape index (κ1) is 23.2. The smallest absolute Gasteiger partial charge is 0.258 e. The van der Waals surface area contributed by atoms with Crippen molar-refractivity contribution in [2.75, 3.05) is 62.5 Å². The van der Waals surface area contributed by atoms with Crippen LogP contribution in [-0.2, 0) is 6.42 Å². The zero-order valence-corrected chi connectivity index (χ0v) is 21.3. The molecule has 0 bridgehead atoms. The minimum absolute atomic E-state index is 0.00662. The molecule has 8 nitrogen and oxygen atoms in total. The standard InChI is InChI=1S/C30H31N3O5/c34-30(22-9-11-26-28(18-22)38-20-37-26)33-23(10-8-21-4-1-2-5-24(21)33)19-31-12-14-32(15-13-31)25-6-3-7-27-29(25)36-17-16-35-27/h1-7,9,11,18,23H,8,10,12-17,19-20H2. The average molecular weight is 514 g/mol. The zero-order chi connectivity index (χ0) is 25.5. The number of benzene rings is 3. The minimum Gasteiger partial charge on any atom is -0.486 e. The van der Waals surface area contributed by atoms with Crippen LogP contribution in [0.2, 0.25) is 0 Å². The fourth-order valence-corrected chi connectivity index (χ4v) is 6.00. The van der Waals surface area contributed by atoms with E-state index in [0.29, 0.717) is 30.3 Å². The van der Waals surface area contributed by atoms with Gasteiger partial charge in [-0.15, -0.1) is 0 Å². The number of amides is 1. The van der Waals surface area contributed by atoms with Gasteiger partial charge in [-0.2, -0.15) is 0 Å². The Labute approximate surface area is 222 Å². The van der Waals surface area contributed by atoms with E-state index in [4.69, 9.17) is 18.9 Å². The van der Waals surface area contributed by atoms with Crippen molar-refractivity contribution >= 4 is 17.3 Å². The first-order valence-electron chi connectivity index (χ1n) is 13.4. The monoisotopic (exact) mass is 513 g/mol. The van der Waals surface area contributed by atoms with Crippen LogP contribution >= 0.6 is 0 Å². The van der Waals surface area contributed by atoms with E-state index in [1.165, 1.54) is 5.56 Å². The van der Waals surface area contributed by atoms with Gasteiger partial charge in [0.15, 0.2) is 23.0 Å². The van der Waals surface area contributed by atoms with E-state index >= 15 is 0 Å². The maximum atomic E-state index is 14.0. The molecule has 1 amide bonds. The number of rotatable bonds is 4. The molecule has 4 heterocycles. The van der Waals surface area contributed by atoms with Gasteiger partial charge in [0.05, 0.1) is 11.7 Å². The Balaban J connectivity index is 1.09. The Hall–Kier alpha value is -3.91. The second-order valence-electron chi connectivity index (χ2n) is 10.2. The van der Waals surface area contributed by atoms with Crippen molar-refractivity contribution in [1.82, 2.24) is 4.90 Å². The summed E-state index contributed by atoms with van der Waals surface area (Å²) in [6.07, 6.45) is 1.91. The molecular weight excluding hydrogens is 482 g/mol. The molecular formula is C30H31N3O5. The van der Waals surface area contributed by atoms with Crippen molar-refractivity contribution in [2.24, 2.45) is 0 Å². The van der Waals surface area contributed by atoms with Crippen LogP contribution in [0.15, 0.2) is 60.7 Å². The Morgan fingerprint density at radius 1 is 0.789 bits per heavy atom. The molecule has 1 unspecified atom stereocenters. The van der Waals surface area contributed by atoms with Crippen molar-refractivity contribution in [1.29, 1.82) is 0 Å². The van der Waals surface area contributed by atoms with Gasteiger partial charge in [-0.05, 0) is 54.8 Å². The third-order valence-electron chi connectivity index (χ3n) is 7.93. The van der Waals surface area contributed by atoms with Gasteiger partial charge in [0.25, 0.3) is 5.91 Å². The van der Waals surface area contributed by atoms with Gasteiger partial charge >= 0.3 is 0 Å². The molecule has 0 N–H and O–H groups in total. The predicted molar refractivity (Wildman–Crippen MR) is 144 cm³/mol. The highest BCUT2D eigenvalue weighted by Crippen LogP contribution is 2.40. The SMILES string of the molecule is O=C(c1ccc2c(c1)OCO2)N1c2ccccc2CCC1CN1CCN(c2cccc3c2OCCO3)CC1. The van der Waals surface area contributed by atoms with Crippen LogP contribution in [0, 0.1) is 0 Å². The molecule has 8 heteroatoms. The molecule has 4 aliphatic heterocycles. The van der Waals surface area contributed by atoms with E-state index in [1.807, 2.05) is 41.3 Å². The van der Waals surface area contributed by atoms with Crippen LogP contribution in [0.3, 0.4) is 0 Å². The lowest BCUT2D eigenvalue weighted by molar-refractivity contribution is 0.0962. The first-order chi connectivity index (χ1) is 18.7. The maximum Gasteiger partial charge on any atom is 0.258 e. The Bertz CT molecular complexity index is 1350. The second kappa shape index (κ2) is 9.76. The lowest BCUT2D eigenvalue weighted by atomic mass is 9.94. The number of nitrogens with zero attached hydrogens (tertiary/aromatic N) is 3. The molecule has 0 spiro atoms. The summed E-state index contributed by atoms with van der Waals surface area (Å²) in [7, 11) is 0. The van der Waals surface area contributed by atoms with Crippen LogP contribution < -0.4 is 28.7 Å². The number of para-hydroxylation sites is 2. The number of carbonyl (C=O) groups excluding carboxylic acids is 1. The summed E-state index contributed by atoms with van der Waals surface area (Å²) in [5, 5.41) is 0. The number of aryl methyl sites for hydroxylation is 1. The summed E-state index contributed by atoms with van der Waals surface area (Å²) in [6, 6.07) is 20.0. The third-order valence-corrected chi connectivity index (χ3v) is 7.93. The lowest BCUT2D eigenvalue weighted by Gasteiger charge is -2.43. The highest BCUT2D eigenvalue weighted by molar-refractivity contribution is 6.07. The zero-order valence-electron chi connectivity index (χ0n) is 21.3. The number of hydrogen-bond donors (Lipinski definition) is 0. The van der Waals surface area contributed by atoms with Gasteiger partial charge in [0.2, 0.25) is 6.79 Å². The van der Waals surface area contributed by atoms with E-state index < -0.39 is 0 Å². The Morgan fingerprint density at radius 2 is 1.61 bits per heavy atom. The highest BCUT2D eigenvalue weighted by Gasteiger charge is 2.34. The fourth-order valence-electron chi connectivity index (χ4n) is 6.00. The van der Waals surface area contributed by atoms with Gasteiger partial charge in [0, 0.05) is 44.0 Å². The van der Waals surface area contributed by atoms with Crippen LogP contribution in [0.1, 0.15) is 22.3 Å². The topological polar surface area (TPSA) is 63.7 Å². The number of piperazine rings is 1. The van der Waals surface area contributed by atoms with Gasteiger partial charge in [-0.1, -0.05) is 24.3 Å². The van der Waals surface area contributed by atoms with Crippen molar-refractivity contribution in [3.63, 3.8) is 0 Å². The first-order valence-corrected chi connectivity index (χ1v) is 13.4. The number of carbonyl (C=O) groups is 1. The maximum absolute atomic E-state index is 14.0. The summed E-state index contributed by atoms with van der Waals surface area (Å²) in [5.41, 5.74) is 3.96. The summed E-state index contributed by atoms with van der Waals surface area (Å²) in [4.78, 5) is 20.9. The van der Waals surface area contributed by atoms with Gasteiger partial charge in [-0.3, -0.25) is 9.69 Å². The Kier molecular flexibility index (Phi) is 5.96. The van der Waals surface area contributed by atoms with Crippen LogP contribution in [-0.4, -0.2) is 69.6 Å². The normalized spacial score (nSPS) is 20.3. The molecule has 0 aromatic heterocycles. The number of hydrogen-bond acceptors (Lipinski definition) is 7. The summed E-state index contributed by atoms with van der Waals surface area (Å²) in [6.45, 7) is 5.86. The second-order valence-corrected chi connectivity index (χ2v) is 10.2. The fraction of sp³-hybridized carbons (Fsp3) is 0.367. The largest absolute Gasteiger partial charge is 0.486 e. The van der Waals surface area contributed by atoms with Crippen LogP contribution in [0.25, 0.3) is 0 Å². The van der Waals surface area contributed by atoms with E-state index in [9.17, 15) is 4.79 Å². The molecule has 7 rings (SSSR count). The van der Waals surface area contributed by atoms with Crippen molar-refractivity contribution < 1.29 is 23.7 Å². The molecule has 1 atom stereocenters. The van der Waals surface area contributed by atoms with Gasteiger partial charge in [0.1, 0.15) is 13.2 Å². The number of fused-ring (bicyclic) bond motifs is 3. The molecule has 4 aliphatic rings. The van der Waals surface area contributed by atoms with E-state index in [0.717, 1.165) is 68.4 Å². The van der Waals surface area contributed by atoms with E-state index in [2.05, 4.69) is 34.1 Å². The summed E-state index contributed by atoms with van der Waals surface area (Å²) in [5.74, 6) is 3.01. The van der Waals surface area contributed by atoms with Gasteiger partial charge in [-0.25, -0.2) is 0 Å². The average Bonchev–Trinajstić information content (AvgIpc) is 3.45. The number of ether oxygens (including phenoxy) is 4. The van der Waals surface area contributed by atoms with Crippen LogP contribution in [0.5, 0.6) is 23.0 Å². The highest BCUT2D eigenvalue weighted by atomic mass is 16.7. The van der Waals surface area contributed by atoms with E-state index in [1.54, 1.807) is 0 Å². The molecule has 1 saturated heterocycles. The molecule has 0 aliphatic carbocycles. The summed E-state index contributed by atoms with van der Waals surface area (Å²) >= 11 is 0. The van der Waals surface area contributed by atoms with E-state index in [-0.39, 0.29) is 18.7 Å². The van der Waals surface area contributed by atoms with Crippen molar-refractivity contribution in [3.05, 3.63) is 71.8 Å². The molecule has 1 fully saturated rings. The van der Waals surface area contributed by atoms with Crippen molar-refractivity contribution in [3.8, 4) is 23.0 Å². The van der Waals surface area contributed by atoms with Crippen molar-refractivity contribution in [2.45, 2.75) is 18.9 Å². The summed E-state index contributed by atoms with van der Waals surface area (Å²) < 4.78 is 22.8. The number of anilines is 2. The Morgan fingerprint density at radius 3 is 2.53 bits per heavy atom.